The van der Waals surface area contributed by atoms with E-state index in [0.29, 0.717) is 6.61 Å². The molecule has 0 N–H and O–H groups in total. The summed E-state index contributed by atoms with van der Waals surface area (Å²) in [5, 5.41) is 0. The summed E-state index contributed by atoms with van der Waals surface area (Å²) < 4.78 is 11.4. The van der Waals surface area contributed by atoms with Crippen molar-refractivity contribution in [2.45, 2.75) is 0 Å². The normalized spacial score (nSPS) is 20.3. The molecule has 0 bridgehead atoms. The maximum Gasteiger partial charge on any atom is 0.186 e. The van der Waals surface area contributed by atoms with E-state index in [1.807, 2.05) is 30.3 Å². The molecule has 1 fully saturated rings. The predicted octanol–water partition coefficient (Wildman–Crippen LogP) is 2.28. The molecule has 0 spiro atoms. The summed E-state index contributed by atoms with van der Waals surface area (Å²) in [6.45, 7) is 5.00. The Morgan fingerprint density at radius 3 is 2.83 bits per heavy atom. The number of ketones is 1. The summed E-state index contributed by atoms with van der Waals surface area (Å²) in [5.74, 6) is 0.853. The molecule has 0 atom stereocenters. The summed E-state index contributed by atoms with van der Waals surface area (Å²) in [5.41, 5.74) is 3.86. The highest BCUT2D eigenvalue weighted by Gasteiger charge is 2.28. The lowest BCUT2D eigenvalue weighted by Crippen LogP contribution is -2.38. The zero-order valence-corrected chi connectivity index (χ0v) is 13.0. The molecule has 0 amide bonds. The molecule has 1 aromatic carbocycles. The van der Waals surface area contributed by atoms with E-state index in [9.17, 15) is 4.79 Å². The summed E-state index contributed by atoms with van der Waals surface area (Å²) in [6.07, 6.45) is 5.36. The van der Waals surface area contributed by atoms with Gasteiger partial charge in [0, 0.05) is 30.8 Å². The first-order chi connectivity index (χ1) is 11.3. The molecule has 1 heterocycles. The number of morpholine rings is 1. The Labute approximate surface area is 135 Å². The van der Waals surface area contributed by atoms with Crippen LogP contribution in [0.2, 0.25) is 0 Å². The molecular weight excluding hydrogens is 290 g/mol. The van der Waals surface area contributed by atoms with Gasteiger partial charge in [-0.25, -0.2) is 0 Å². The number of fused-ring (bicyclic) bond motifs is 3. The van der Waals surface area contributed by atoms with Gasteiger partial charge in [-0.05, 0) is 29.4 Å². The van der Waals surface area contributed by atoms with Crippen molar-refractivity contribution in [3.63, 3.8) is 0 Å². The number of hydrogen-bond acceptors (Lipinski definition) is 4. The van der Waals surface area contributed by atoms with Gasteiger partial charge in [-0.2, -0.15) is 0 Å². The molecule has 23 heavy (non-hydrogen) atoms. The number of carbonyl (C=O) groups is 1. The number of ether oxygens (including phenoxy) is 2. The van der Waals surface area contributed by atoms with E-state index in [1.165, 1.54) is 0 Å². The van der Waals surface area contributed by atoms with Crippen LogP contribution in [0.4, 0.5) is 0 Å². The van der Waals surface area contributed by atoms with Gasteiger partial charge in [0.15, 0.2) is 5.78 Å². The minimum Gasteiger partial charge on any atom is -0.492 e. The zero-order valence-electron chi connectivity index (χ0n) is 13.0. The second-order valence-corrected chi connectivity index (χ2v) is 5.88. The summed E-state index contributed by atoms with van der Waals surface area (Å²) in [6, 6.07) is 8.07. The van der Waals surface area contributed by atoms with Gasteiger partial charge in [-0.1, -0.05) is 24.3 Å². The quantitative estimate of drug-likeness (QED) is 0.855. The number of allylic oxidation sites excluding steroid dienone is 4. The molecule has 0 unspecified atom stereocenters. The maximum atomic E-state index is 12.1. The Bertz CT molecular complexity index is 724. The number of hydrogen-bond donors (Lipinski definition) is 0. The molecule has 1 aliphatic heterocycles. The third-order valence-electron chi connectivity index (χ3n) is 4.47. The number of rotatable bonds is 4. The van der Waals surface area contributed by atoms with Crippen LogP contribution in [0.15, 0.2) is 47.7 Å². The van der Waals surface area contributed by atoms with Crippen LogP contribution < -0.4 is 0 Å². The van der Waals surface area contributed by atoms with Crippen LogP contribution in [-0.4, -0.2) is 50.1 Å². The van der Waals surface area contributed by atoms with Crippen LogP contribution in [0.1, 0.15) is 11.1 Å². The lowest BCUT2D eigenvalue weighted by Gasteiger charge is -2.26. The highest BCUT2D eigenvalue weighted by molar-refractivity contribution is 6.24. The van der Waals surface area contributed by atoms with Gasteiger partial charge in [0.2, 0.25) is 0 Å². The minimum absolute atomic E-state index is 0.0525. The van der Waals surface area contributed by atoms with E-state index >= 15 is 0 Å². The van der Waals surface area contributed by atoms with Gasteiger partial charge in [0.1, 0.15) is 12.4 Å². The van der Waals surface area contributed by atoms with Gasteiger partial charge in [0.25, 0.3) is 0 Å². The van der Waals surface area contributed by atoms with Gasteiger partial charge >= 0.3 is 0 Å². The molecular formula is C19H19NO3. The van der Waals surface area contributed by atoms with Crippen LogP contribution in [0, 0.1) is 0 Å². The molecule has 118 valence electrons. The van der Waals surface area contributed by atoms with Crippen LogP contribution in [-0.2, 0) is 14.3 Å². The topological polar surface area (TPSA) is 38.8 Å². The van der Waals surface area contributed by atoms with Gasteiger partial charge < -0.3 is 9.47 Å². The first kappa shape index (κ1) is 14.4. The molecule has 0 radical (unpaired) electrons. The highest BCUT2D eigenvalue weighted by atomic mass is 16.5. The molecule has 1 saturated heterocycles. The van der Waals surface area contributed by atoms with Crippen LogP contribution >= 0.6 is 0 Å². The van der Waals surface area contributed by atoms with Gasteiger partial charge in [-0.3, -0.25) is 9.69 Å². The largest absolute Gasteiger partial charge is 0.492 e. The van der Waals surface area contributed by atoms with E-state index in [1.54, 1.807) is 12.2 Å². The molecule has 4 nitrogen and oxygen atoms in total. The molecule has 0 aromatic heterocycles. The fraction of sp³-hybridized carbons (Fsp3) is 0.316. The standard InChI is InChI=1S/C19H19NO3/c21-17-5-6-18(23-12-9-20-7-10-22-11-8-20)19-15-4-2-1-3-14(15)13-16(17)19/h1-6,13H,7-12H2. The first-order valence-electron chi connectivity index (χ1n) is 8.04. The van der Waals surface area contributed by atoms with Crippen molar-refractivity contribution < 1.29 is 14.3 Å². The number of benzene rings is 1. The lowest BCUT2D eigenvalue weighted by atomic mass is 9.95. The Hall–Kier alpha value is -2.17. The Kier molecular flexibility index (Phi) is 3.85. The zero-order chi connectivity index (χ0) is 15.6. The third kappa shape index (κ3) is 2.76. The highest BCUT2D eigenvalue weighted by Crippen LogP contribution is 2.40. The number of nitrogens with zero attached hydrogens (tertiary/aromatic N) is 1. The van der Waals surface area contributed by atoms with E-state index in [-0.39, 0.29) is 5.78 Å². The number of carbonyl (C=O) groups excluding carboxylic acids is 1. The monoisotopic (exact) mass is 309 g/mol. The fourth-order valence-electron chi connectivity index (χ4n) is 3.24. The summed E-state index contributed by atoms with van der Waals surface area (Å²) >= 11 is 0. The average Bonchev–Trinajstić information content (AvgIpc) is 2.99. The molecule has 4 heteroatoms. The van der Waals surface area contributed by atoms with Crippen molar-refractivity contribution >= 4 is 17.4 Å². The average molecular weight is 309 g/mol. The fourth-order valence-corrected chi connectivity index (χ4v) is 3.24. The summed E-state index contributed by atoms with van der Waals surface area (Å²) in [7, 11) is 0. The SMILES string of the molecule is O=C1C=CC(OCCN2CCOCC2)=C2C1=Cc1ccccc12. The smallest absolute Gasteiger partial charge is 0.186 e. The van der Waals surface area contributed by atoms with E-state index in [2.05, 4.69) is 4.90 Å². The van der Waals surface area contributed by atoms with E-state index < -0.39 is 0 Å². The van der Waals surface area contributed by atoms with E-state index in [4.69, 9.17) is 9.47 Å². The van der Waals surface area contributed by atoms with Crippen LogP contribution in [0.25, 0.3) is 11.6 Å². The van der Waals surface area contributed by atoms with Crippen molar-refractivity contribution in [2.75, 3.05) is 39.5 Å². The second-order valence-electron chi connectivity index (χ2n) is 5.88. The van der Waals surface area contributed by atoms with Crippen molar-refractivity contribution in [2.24, 2.45) is 0 Å². The summed E-state index contributed by atoms with van der Waals surface area (Å²) in [4.78, 5) is 14.5. The van der Waals surface area contributed by atoms with Gasteiger partial charge in [0.05, 0.1) is 13.2 Å². The Balaban J connectivity index is 1.53. The predicted molar refractivity (Wildman–Crippen MR) is 88.7 cm³/mol. The molecule has 3 aliphatic rings. The molecule has 0 saturated carbocycles. The van der Waals surface area contributed by atoms with Crippen molar-refractivity contribution in [1.82, 2.24) is 4.90 Å². The maximum absolute atomic E-state index is 12.1. The van der Waals surface area contributed by atoms with Crippen LogP contribution in [0.3, 0.4) is 0 Å². The van der Waals surface area contributed by atoms with Crippen molar-refractivity contribution in [3.8, 4) is 0 Å². The van der Waals surface area contributed by atoms with Crippen molar-refractivity contribution in [1.29, 1.82) is 0 Å². The lowest BCUT2D eigenvalue weighted by molar-refractivity contribution is -0.111. The van der Waals surface area contributed by atoms with Crippen LogP contribution in [0.5, 0.6) is 0 Å². The Morgan fingerprint density at radius 2 is 1.96 bits per heavy atom. The van der Waals surface area contributed by atoms with E-state index in [0.717, 1.165) is 60.9 Å². The Morgan fingerprint density at radius 1 is 1.13 bits per heavy atom. The third-order valence-corrected chi connectivity index (χ3v) is 4.47. The van der Waals surface area contributed by atoms with Crippen molar-refractivity contribution in [3.05, 3.63) is 58.9 Å². The molecule has 2 aliphatic carbocycles. The molecule has 4 rings (SSSR count). The second kappa shape index (κ2) is 6.14. The minimum atomic E-state index is 0.0525. The van der Waals surface area contributed by atoms with Gasteiger partial charge in [-0.15, -0.1) is 0 Å². The first-order valence-corrected chi connectivity index (χ1v) is 8.04. The molecule has 1 aromatic rings.